The molecule has 0 saturated carbocycles. The first-order chi connectivity index (χ1) is 6.80. The maximum Gasteiger partial charge on any atom is 0.239 e. The molecule has 0 aromatic rings. The van der Waals surface area contributed by atoms with Gasteiger partial charge in [-0.1, -0.05) is 26.8 Å². The van der Waals surface area contributed by atoms with E-state index in [9.17, 15) is 4.79 Å². The Balaban J connectivity index is 4.14. The monoisotopic (exact) mass is 212 g/mol. The largest absolute Gasteiger partial charge is 0.344 e. The Morgan fingerprint density at radius 1 is 1.53 bits per heavy atom. The summed E-state index contributed by atoms with van der Waals surface area (Å²) in [6, 6.07) is -0.425. The fourth-order valence-corrected chi connectivity index (χ4v) is 1.19. The van der Waals surface area contributed by atoms with Crippen molar-refractivity contribution in [3.05, 3.63) is 12.7 Å². The first-order valence-electron chi connectivity index (χ1n) is 5.42. The van der Waals surface area contributed by atoms with E-state index in [1.165, 1.54) is 0 Å². The number of nitrogens with zero attached hydrogens (tertiary/aromatic N) is 1. The standard InChI is InChI=1S/C12H24N2O/c1-6-7-8-9-14(5)11(15)10(13)12(2,3)4/h6,10H,1,7-9,13H2,2-5H3/t10-/m0/s1. The molecule has 0 aliphatic heterocycles. The minimum atomic E-state index is -0.425. The van der Waals surface area contributed by atoms with Crippen LogP contribution in [0, 0.1) is 5.41 Å². The lowest BCUT2D eigenvalue weighted by atomic mass is 9.86. The van der Waals surface area contributed by atoms with Crippen LogP contribution in [0.4, 0.5) is 0 Å². The molecule has 0 heterocycles. The Bertz CT molecular complexity index is 218. The lowest BCUT2D eigenvalue weighted by Crippen LogP contribution is -2.49. The number of carbonyl (C=O) groups is 1. The van der Waals surface area contributed by atoms with Crippen LogP contribution in [0.15, 0.2) is 12.7 Å². The predicted octanol–water partition coefficient (Wildman–Crippen LogP) is 1.78. The van der Waals surface area contributed by atoms with E-state index in [4.69, 9.17) is 5.73 Å². The number of amides is 1. The summed E-state index contributed by atoms with van der Waals surface area (Å²) in [6.45, 7) is 10.3. The Kier molecular flexibility index (Phi) is 5.58. The van der Waals surface area contributed by atoms with Gasteiger partial charge in [-0.15, -0.1) is 6.58 Å². The zero-order chi connectivity index (χ0) is 12.1. The zero-order valence-electron chi connectivity index (χ0n) is 10.4. The normalized spacial score (nSPS) is 13.4. The van der Waals surface area contributed by atoms with Gasteiger partial charge in [-0.2, -0.15) is 0 Å². The van der Waals surface area contributed by atoms with E-state index in [2.05, 4.69) is 6.58 Å². The highest BCUT2D eigenvalue weighted by molar-refractivity contribution is 5.82. The first-order valence-corrected chi connectivity index (χ1v) is 5.42. The van der Waals surface area contributed by atoms with E-state index >= 15 is 0 Å². The van der Waals surface area contributed by atoms with Gasteiger partial charge >= 0.3 is 0 Å². The van der Waals surface area contributed by atoms with Crippen LogP contribution in [0.3, 0.4) is 0 Å². The maximum absolute atomic E-state index is 11.9. The number of hydrogen-bond donors (Lipinski definition) is 1. The van der Waals surface area contributed by atoms with E-state index in [-0.39, 0.29) is 11.3 Å². The van der Waals surface area contributed by atoms with Crippen molar-refractivity contribution in [2.24, 2.45) is 11.1 Å². The minimum absolute atomic E-state index is 0.0200. The fourth-order valence-electron chi connectivity index (χ4n) is 1.19. The van der Waals surface area contributed by atoms with Crippen molar-refractivity contribution < 1.29 is 4.79 Å². The van der Waals surface area contributed by atoms with Crippen LogP contribution in [-0.4, -0.2) is 30.4 Å². The van der Waals surface area contributed by atoms with Crippen LogP contribution in [0.2, 0.25) is 0 Å². The number of allylic oxidation sites excluding steroid dienone is 1. The molecule has 0 rings (SSSR count). The van der Waals surface area contributed by atoms with Crippen LogP contribution in [0.25, 0.3) is 0 Å². The molecule has 88 valence electrons. The van der Waals surface area contributed by atoms with E-state index in [0.29, 0.717) is 0 Å². The molecule has 3 heteroatoms. The van der Waals surface area contributed by atoms with Gasteiger partial charge in [0.2, 0.25) is 5.91 Å². The third kappa shape index (κ3) is 4.98. The van der Waals surface area contributed by atoms with Gasteiger partial charge in [0.05, 0.1) is 6.04 Å². The number of hydrogen-bond acceptors (Lipinski definition) is 2. The van der Waals surface area contributed by atoms with E-state index in [1.807, 2.05) is 26.8 Å². The Labute approximate surface area is 93.3 Å². The molecule has 0 saturated heterocycles. The quantitative estimate of drug-likeness (QED) is 0.558. The number of carbonyl (C=O) groups excluding carboxylic acids is 1. The van der Waals surface area contributed by atoms with Gasteiger partial charge in [-0.05, 0) is 18.3 Å². The van der Waals surface area contributed by atoms with E-state index in [1.54, 1.807) is 11.9 Å². The molecule has 0 unspecified atom stereocenters. The Hall–Kier alpha value is -0.830. The molecular formula is C12H24N2O. The Morgan fingerprint density at radius 3 is 2.47 bits per heavy atom. The van der Waals surface area contributed by atoms with Crippen molar-refractivity contribution in [1.29, 1.82) is 0 Å². The van der Waals surface area contributed by atoms with Crippen molar-refractivity contribution >= 4 is 5.91 Å². The third-order valence-corrected chi connectivity index (χ3v) is 2.48. The highest BCUT2D eigenvalue weighted by Crippen LogP contribution is 2.18. The molecule has 0 aliphatic carbocycles. The van der Waals surface area contributed by atoms with Gasteiger partial charge in [0.1, 0.15) is 0 Å². The highest BCUT2D eigenvalue weighted by Gasteiger charge is 2.29. The van der Waals surface area contributed by atoms with Gasteiger partial charge in [0.25, 0.3) is 0 Å². The summed E-state index contributed by atoms with van der Waals surface area (Å²) in [5.41, 5.74) is 5.71. The molecule has 0 aromatic heterocycles. The van der Waals surface area contributed by atoms with E-state index in [0.717, 1.165) is 19.4 Å². The van der Waals surface area contributed by atoms with Gasteiger partial charge in [0, 0.05) is 13.6 Å². The Morgan fingerprint density at radius 2 is 2.07 bits per heavy atom. The molecule has 1 amide bonds. The second-order valence-corrected chi connectivity index (χ2v) is 5.03. The second-order valence-electron chi connectivity index (χ2n) is 5.03. The molecule has 2 N–H and O–H groups in total. The van der Waals surface area contributed by atoms with Gasteiger partial charge in [-0.3, -0.25) is 4.79 Å². The minimum Gasteiger partial charge on any atom is -0.344 e. The summed E-state index contributed by atoms with van der Waals surface area (Å²) in [4.78, 5) is 13.6. The van der Waals surface area contributed by atoms with Crippen molar-refractivity contribution in [2.45, 2.75) is 39.7 Å². The summed E-state index contributed by atoms with van der Waals surface area (Å²) < 4.78 is 0. The predicted molar refractivity (Wildman–Crippen MR) is 64.5 cm³/mol. The van der Waals surface area contributed by atoms with Crippen LogP contribution in [-0.2, 0) is 4.79 Å². The summed E-state index contributed by atoms with van der Waals surface area (Å²) >= 11 is 0. The topological polar surface area (TPSA) is 46.3 Å². The van der Waals surface area contributed by atoms with Crippen LogP contribution < -0.4 is 5.73 Å². The zero-order valence-corrected chi connectivity index (χ0v) is 10.4. The molecule has 0 spiro atoms. The number of rotatable bonds is 5. The first kappa shape index (κ1) is 14.2. The van der Waals surface area contributed by atoms with E-state index < -0.39 is 6.04 Å². The number of unbranched alkanes of at least 4 members (excludes halogenated alkanes) is 1. The second kappa shape index (κ2) is 5.91. The molecule has 15 heavy (non-hydrogen) atoms. The fraction of sp³-hybridized carbons (Fsp3) is 0.750. The third-order valence-electron chi connectivity index (χ3n) is 2.48. The molecule has 0 aromatic carbocycles. The summed E-state index contributed by atoms with van der Waals surface area (Å²) in [5, 5.41) is 0. The molecule has 0 bridgehead atoms. The van der Waals surface area contributed by atoms with Crippen molar-refractivity contribution in [3.8, 4) is 0 Å². The summed E-state index contributed by atoms with van der Waals surface area (Å²) in [5.74, 6) is 0.0200. The summed E-state index contributed by atoms with van der Waals surface area (Å²) in [7, 11) is 1.80. The summed E-state index contributed by atoms with van der Waals surface area (Å²) in [6.07, 6.45) is 3.74. The lowest BCUT2D eigenvalue weighted by molar-refractivity contribution is -0.133. The maximum atomic E-state index is 11.9. The van der Waals surface area contributed by atoms with Gasteiger partial charge in [0.15, 0.2) is 0 Å². The molecular weight excluding hydrogens is 188 g/mol. The lowest BCUT2D eigenvalue weighted by Gasteiger charge is -2.29. The number of likely N-dealkylation sites (N-methyl/N-ethyl adjacent to an activating group) is 1. The van der Waals surface area contributed by atoms with Crippen molar-refractivity contribution in [1.82, 2.24) is 4.90 Å². The average molecular weight is 212 g/mol. The number of nitrogens with two attached hydrogens (primary N) is 1. The molecule has 0 aliphatic rings. The van der Waals surface area contributed by atoms with Crippen LogP contribution in [0.1, 0.15) is 33.6 Å². The van der Waals surface area contributed by atoms with Crippen molar-refractivity contribution in [3.63, 3.8) is 0 Å². The molecule has 3 nitrogen and oxygen atoms in total. The molecule has 1 atom stereocenters. The SMILES string of the molecule is C=CCCCN(C)C(=O)[C@H](N)C(C)(C)C. The highest BCUT2D eigenvalue weighted by atomic mass is 16.2. The van der Waals surface area contributed by atoms with Crippen LogP contribution >= 0.6 is 0 Å². The van der Waals surface area contributed by atoms with Crippen molar-refractivity contribution in [2.75, 3.05) is 13.6 Å². The van der Waals surface area contributed by atoms with Gasteiger partial charge < -0.3 is 10.6 Å². The molecule has 0 radical (unpaired) electrons. The van der Waals surface area contributed by atoms with Crippen LogP contribution in [0.5, 0.6) is 0 Å². The average Bonchev–Trinajstić information content (AvgIpc) is 2.14. The van der Waals surface area contributed by atoms with Gasteiger partial charge in [-0.25, -0.2) is 0 Å². The smallest absolute Gasteiger partial charge is 0.239 e. The molecule has 0 fully saturated rings.